The molecular formula is C18H17N3O4. The molecule has 2 heterocycles. The lowest BCUT2D eigenvalue weighted by Gasteiger charge is -2.15. The van der Waals surface area contributed by atoms with Crippen LogP contribution in [-0.2, 0) is 16.2 Å². The van der Waals surface area contributed by atoms with Crippen molar-refractivity contribution in [2.45, 2.75) is 6.61 Å². The number of aliphatic hydroxyl groups is 1. The molecule has 2 N–H and O–H groups in total. The molecular weight excluding hydrogens is 322 g/mol. The second kappa shape index (κ2) is 7.59. The number of hydrogen-bond acceptors (Lipinski definition) is 6. The molecule has 0 bridgehead atoms. The number of imide groups is 1. The van der Waals surface area contributed by atoms with Crippen molar-refractivity contribution in [3.63, 3.8) is 0 Å². The highest BCUT2D eigenvalue weighted by atomic mass is 16.5. The van der Waals surface area contributed by atoms with Crippen LogP contribution < -0.4 is 10.1 Å². The maximum atomic E-state index is 12.2. The molecule has 0 saturated heterocycles. The number of nitrogens with zero attached hydrogens (tertiary/aromatic N) is 2. The minimum atomic E-state index is -0.471. The van der Waals surface area contributed by atoms with Crippen LogP contribution in [0.4, 0.5) is 5.69 Å². The number of carbonyl (C=O) groups excluding carboxylic acids is 2. The van der Waals surface area contributed by atoms with E-state index in [-0.39, 0.29) is 18.8 Å². The molecule has 0 spiro atoms. The van der Waals surface area contributed by atoms with E-state index in [4.69, 9.17) is 9.84 Å². The number of pyridine rings is 1. The molecule has 1 aromatic carbocycles. The summed E-state index contributed by atoms with van der Waals surface area (Å²) in [5, 5.41) is 11.9. The summed E-state index contributed by atoms with van der Waals surface area (Å²) in [6, 6.07) is 10.9. The van der Waals surface area contributed by atoms with E-state index < -0.39 is 11.8 Å². The van der Waals surface area contributed by atoms with E-state index in [1.54, 1.807) is 30.6 Å². The zero-order valence-electron chi connectivity index (χ0n) is 13.4. The van der Waals surface area contributed by atoms with Crippen molar-refractivity contribution in [3.8, 4) is 5.75 Å². The van der Waals surface area contributed by atoms with Crippen molar-refractivity contribution in [3.05, 3.63) is 66.1 Å². The number of benzene rings is 1. The number of hydrogen-bond donors (Lipinski definition) is 2. The Balaban J connectivity index is 1.72. The number of β-amino-alcohol motifs (C(OH)–C–C–N with tert-alkyl or cyclic N) is 1. The Hall–Kier alpha value is -3.19. The van der Waals surface area contributed by atoms with Crippen molar-refractivity contribution in [1.82, 2.24) is 9.88 Å². The Morgan fingerprint density at radius 2 is 2.00 bits per heavy atom. The van der Waals surface area contributed by atoms with Crippen LogP contribution in [0, 0.1) is 0 Å². The molecule has 0 radical (unpaired) electrons. The quantitative estimate of drug-likeness (QED) is 0.739. The SMILES string of the molecule is O=C1C=C(Nc2ccccc2OCc2cccnc2)C(=O)N1CCO. The topological polar surface area (TPSA) is 91.8 Å². The van der Waals surface area contributed by atoms with Gasteiger partial charge in [0, 0.05) is 24.0 Å². The van der Waals surface area contributed by atoms with E-state index in [2.05, 4.69) is 10.3 Å². The summed E-state index contributed by atoms with van der Waals surface area (Å²) in [5.74, 6) is -0.371. The number of ether oxygens (including phenoxy) is 1. The second-order valence-corrected chi connectivity index (χ2v) is 5.35. The zero-order valence-corrected chi connectivity index (χ0v) is 13.4. The van der Waals surface area contributed by atoms with Crippen LogP contribution in [0.3, 0.4) is 0 Å². The Bertz CT molecular complexity index is 805. The van der Waals surface area contributed by atoms with Gasteiger partial charge in [-0.05, 0) is 18.2 Å². The molecule has 25 heavy (non-hydrogen) atoms. The summed E-state index contributed by atoms with van der Waals surface area (Å²) in [4.78, 5) is 29.0. The number of rotatable bonds is 7. The molecule has 128 valence electrons. The lowest BCUT2D eigenvalue weighted by molar-refractivity contribution is -0.137. The van der Waals surface area contributed by atoms with Gasteiger partial charge >= 0.3 is 0 Å². The number of aromatic nitrogens is 1. The van der Waals surface area contributed by atoms with Gasteiger partial charge in [-0.25, -0.2) is 0 Å². The summed E-state index contributed by atoms with van der Waals surface area (Å²) in [6.07, 6.45) is 4.62. The first-order valence-electron chi connectivity index (χ1n) is 7.75. The molecule has 0 atom stereocenters. The fourth-order valence-corrected chi connectivity index (χ4v) is 2.40. The standard InChI is InChI=1S/C18H17N3O4/c22-9-8-21-17(23)10-15(18(21)24)20-14-5-1-2-6-16(14)25-12-13-4-3-7-19-11-13/h1-7,10-11,20,22H,8-9,12H2. The second-order valence-electron chi connectivity index (χ2n) is 5.35. The predicted molar refractivity (Wildman–Crippen MR) is 90.5 cm³/mol. The Morgan fingerprint density at radius 3 is 2.76 bits per heavy atom. The van der Waals surface area contributed by atoms with E-state index in [9.17, 15) is 9.59 Å². The van der Waals surface area contributed by atoms with E-state index >= 15 is 0 Å². The normalized spacial score (nSPS) is 13.8. The molecule has 0 saturated carbocycles. The van der Waals surface area contributed by atoms with Gasteiger partial charge in [0.2, 0.25) is 0 Å². The van der Waals surface area contributed by atoms with Crippen molar-refractivity contribution >= 4 is 17.5 Å². The molecule has 0 fully saturated rings. The number of amides is 2. The third-order valence-corrected chi connectivity index (χ3v) is 3.61. The molecule has 2 amide bonds. The van der Waals surface area contributed by atoms with Gasteiger partial charge in [-0.1, -0.05) is 18.2 Å². The average Bonchev–Trinajstić information content (AvgIpc) is 2.90. The van der Waals surface area contributed by atoms with Gasteiger partial charge in [0.25, 0.3) is 11.8 Å². The summed E-state index contributed by atoms with van der Waals surface area (Å²) in [5.41, 5.74) is 1.64. The predicted octanol–water partition coefficient (Wildman–Crippen LogP) is 1.32. The largest absolute Gasteiger partial charge is 0.487 e. The fraction of sp³-hybridized carbons (Fsp3) is 0.167. The molecule has 2 aromatic rings. The van der Waals surface area contributed by atoms with Gasteiger partial charge in [-0.3, -0.25) is 19.5 Å². The fourth-order valence-electron chi connectivity index (χ4n) is 2.40. The molecule has 7 nitrogen and oxygen atoms in total. The average molecular weight is 339 g/mol. The van der Waals surface area contributed by atoms with Crippen molar-refractivity contribution in [2.24, 2.45) is 0 Å². The maximum absolute atomic E-state index is 12.2. The number of para-hydroxylation sites is 2. The summed E-state index contributed by atoms with van der Waals surface area (Å²) >= 11 is 0. The molecule has 3 rings (SSSR count). The zero-order chi connectivity index (χ0) is 17.6. The highest BCUT2D eigenvalue weighted by Crippen LogP contribution is 2.27. The van der Waals surface area contributed by atoms with Crippen LogP contribution in [0.5, 0.6) is 5.75 Å². The van der Waals surface area contributed by atoms with Gasteiger partial charge in [-0.15, -0.1) is 0 Å². The molecule has 1 aromatic heterocycles. The first kappa shape index (κ1) is 16.7. The van der Waals surface area contributed by atoms with Crippen molar-refractivity contribution in [2.75, 3.05) is 18.5 Å². The van der Waals surface area contributed by atoms with Gasteiger partial charge in [0.15, 0.2) is 0 Å². The van der Waals surface area contributed by atoms with E-state index in [1.807, 2.05) is 18.2 Å². The minimum absolute atomic E-state index is 0.0293. The monoisotopic (exact) mass is 339 g/mol. The Labute approximate surface area is 144 Å². The summed E-state index contributed by atoms with van der Waals surface area (Å²) < 4.78 is 5.79. The highest BCUT2D eigenvalue weighted by molar-refractivity contribution is 6.17. The minimum Gasteiger partial charge on any atom is -0.487 e. The van der Waals surface area contributed by atoms with Crippen LogP contribution in [0.1, 0.15) is 5.56 Å². The Morgan fingerprint density at radius 1 is 1.16 bits per heavy atom. The summed E-state index contributed by atoms with van der Waals surface area (Å²) in [6.45, 7) is 0.0248. The number of aliphatic hydroxyl groups excluding tert-OH is 1. The van der Waals surface area contributed by atoms with Crippen LogP contribution in [0.25, 0.3) is 0 Å². The van der Waals surface area contributed by atoms with Crippen LogP contribution >= 0.6 is 0 Å². The number of nitrogens with one attached hydrogen (secondary N) is 1. The van der Waals surface area contributed by atoms with Crippen LogP contribution in [-0.4, -0.2) is 40.0 Å². The molecule has 7 heteroatoms. The number of anilines is 1. The van der Waals surface area contributed by atoms with Crippen molar-refractivity contribution < 1.29 is 19.4 Å². The third-order valence-electron chi connectivity index (χ3n) is 3.61. The van der Waals surface area contributed by atoms with Gasteiger partial charge in [0.05, 0.1) is 18.8 Å². The smallest absolute Gasteiger partial charge is 0.277 e. The molecule has 0 unspecified atom stereocenters. The highest BCUT2D eigenvalue weighted by Gasteiger charge is 2.30. The van der Waals surface area contributed by atoms with E-state index in [0.717, 1.165) is 10.5 Å². The first-order valence-corrected chi connectivity index (χ1v) is 7.75. The van der Waals surface area contributed by atoms with Gasteiger partial charge < -0.3 is 15.2 Å². The lowest BCUT2D eigenvalue weighted by Crippen LogP contribution is -2.34. The Kier molecular flexibility index (Phi) is 5.06. The molecule has 0 aliphatic carbocycles. The van der Waals surface area contributed by atoms with Gasteiger partial charge in [-0.2, -0.15) is 0 Å². The molecule has 1 aliphatic heterocycles. The molecule has 1 aliphatic rings. The first-order chi connectivity index (χ1) is 12.2. The maximum Gasteiger partial charge on any atom is 0.277 e. The number of carbonyl (C=O) groups is 2. The van der Waals surface area contributed by atoms with Crippen molar-refractivity contribution in [1.29, 1.82) is 0 Å². The summed E-state index contributed by atoms with van der Waals surface area (Å²) in [7, 11) is 0. The van der Waals surface area contributed by atoms with Crippen LogP contribution in [0.2, 0.25) is 0 Å². The van der Waals surface area contributed by atoms with E-state index in [0.29, 0.717) is 18.0 Å². The lowest BCUT2D eigenvalue weighted by atomic mass is 10.2. The third kappa shape index (κ3) is 3.84. The van der Waals surface area contributed by atoms with Gasteiger partial charge in [0.1, 0.15) is 18.1 Å². The van der Waals surface area contributed by atoms with E-state index in [1.165, 1.54) is 6.08 Å². The van der Waals surface area contributed by atoms with Crippen LogP contribution in [0.15, 0.2) is 60.6 Å².